The molecule has 0 saturated heterocycles. The number of aromatic nitrogens is 3. The topological polar surface area (TPSA) is 63.8 Å². The summed E-state index contributed by atoms with van der Waals surface area (Å²) in [5.41, 5.74) is 2.99. The van der Waals surface area contributed by atoms with E-state index in [1.807, 2.05) is 36.4 Å². The lowest BCUT2D eigenvalue weighted by Crippen LogP contribution is -2.22. The first-order valence-electron chi connectivity index (χ1n) is 8.92. The van der Waals surface area contributed by atoms with Gasteiger partial charge in [-0.25, -0.2) is 4.98 Å². The highest BCUT2D eigenvalue weighted by atomic mass is 16.5. The first kappa shape index (κ1) is 15.8. The van der Waals surface area contributed by atoms with Crippen molar-refractivity contribution in [1.29, 1.82) is 0 Å². The SMILES string of the molecule is Cc1ccc(-c2noc(-c3ccc(NC4CCCCC4)nc3)n2)cc1. The molecule has 0 atom stereocenters. The maximum atomic E-state index is 5.40. The van der Waals surface area contributed by atoms with E-state index in [9.17, 15) is 0 Å². The lowest BCUT2D eigenvalue weighted by atomic mass is 9.95. The molecule has 5 heteroatoms. The average Bonchev–Trinajstić information content (AvgIpc) is 3.14. The first-order valence-corrected chi connectivity index (χ1v) is 8.92. The van der Waals surface area contributed by atoms with E-state index >= 15 is 0 Å². The van der Waals surface area contributed by atoms with Crippen molar-refractivity contribution in [3.05, 3.63) is 48.2 Å². The molecule has 0 radical (unpaired) electrons. The summed E-state index contributed by atoms with van der Waals surface area (Å²) in [6.07, 6.45) is 8.21. The fraction of sp³-hybridized carbons (Fsp3) is 0.350. The summed E-state index contributed by atoms with van der Waals surface area (Å²) in [5, 5.41) is 7.60. The average molecular weight is 334 g/mol. The molecule has 1 aliphatic carbocycles. The molecule has 0 amide bonds. The van der Waals surface area contributed by atoms with Gasteiger partial charge >= 0.3 is 0 Å². The number of hydrogen-bond acceptors (Lipinski definition) is 5. The van der Waals surface area contributed by atoms with Crippen LogP contribution in [-0.4, -0.2) is 21.2 Å². The highest BCUT2D eigenvalue weighted by molar-refractivity contribution is 5.60. The zero-order valence-electron chi connectivity index (χ0n) is 14.4. The normalized spacial score (nSPS) is 15.2. The number of hydrogen-bond donors (Lipinski definition) is 1. The Balaban J connectivity index is 1.47. The third kappa shape index (κ3) is 3.71. The van der Waals surface area contributed by atoms with Crippen molar-refractivity contribution >= 4 is 5.82 Å². The second kappa shape index (κ2) is 7.05. The number of benzene rings is 1. The molecule has 5 nitrogen and oxygen atoms in total. The van der Waals surface area contributed by atoms with Gasteiger partial charge in [0.05, 0.1) is 5.56 Å². The van der Waals surface area contributed by atoms with Crippen LogP contribution in [0.3, 0.4) is 0 Å². The van der Waals surface area contributed by atoms with Crippen LogP contribution in [0.25, 0.3) is 22.8 Å². The van der Waals surface area contributed by atoms with Crippen LogP contribution >= 0.6 is 0 Å². The van der Waals surface area contributed by atoms with Crippen molar-refractivity contribution in [1.82, 2.24) is 15.1 Å². The van der Waals surface area contributed by atoms with E-state index in [1.165, 1.54) is 37.7 Å². The highest BCUT2D eigenvalue weighted by Gasteiger charge is 2.14. The van der Waals surface area contributed by atoms with Gasteiger partial charge in [-0.2, -0.15) is 4.98 Å². The molecule has 25 heavy (non-hydrogen) atoms. The van der Waals surface area contributed by atoms with Gasteiger partial charge in [0.2, 0.25) is 5.82 Å². The number of aryl methyl sites for hydroxylation is 1. The molecule has 0 spiro atoms. The Kier molecular flexibility index (Phi) is 4.46. The molecule has 128 valence electrons. The highest BCUT2D eigenvalue weighted by Crippen LogP contribution is 2.24. The van der Waals surface area contributed by atoms with Gasteiger partial charge in [0.15, 0.2) is 0 Å². The molecule has 1 fully saturated rings. The van der Waals surface area contributed by atoms with Crippen LogP contribution < -0.4 is 5.32 Å². The lowest BCUT2D eigenvalue weighted by molar-refractivity contribution is 0.432. The molecule has 1 N–H and O–H groups in total. The Morgan fingerprint density at radius 1 is 0.960 bits per heavy atom. The molecular weight excluding hydrogens is 312 g/mol. The van der Waals surface area contributed by atoms with Gasteiger partial charge in [-0.05, 0) is 31.9 Å². The summed E-state index contributed by atoms with van der Waals surface area (Å²) in [6, 6.07) is 12.6. The Hall–Kier alpha value is -2.69. The smallest absolute Gasteiger partial charge is 0.259 e. The Labute approximate surface area is 147 Å². The van der Waals surface area contributed by atoms with Crippen molar-refractivity contribution in [2.75, 3.05) is 5.32 Å². The summed E-state index contributed by atoms with van der Waals surface area (Å²) in [5.74, 6) is 2.00. The monoisotopic (exact) mass is 334 g/mol. The van der Waals surface area contributed by atoms with E-state index in [0.29, 0.717) is 17.8 Å². The molecule has 2 aromatic heterocycles. The van der Waals surface area contributed by atoms with E-state index in [-0.39, 0.29) is 0 Å². The Morgan fingerprint density at radius 2 is 1.72 bits per heavy atom. The first-order chi connectivity index (χ1) is 12.3. The number of anilines is 1. The number of rotatable bonds is 4. The fourth-order valence-corrected chi connectivity index (χ4v) is 3.22. The molecule has 0 bridgehead atoms. The fourth-order valence-electron chi connectivity index (χ4n) is 3.22. The molecular formula is C20H22N4O. The van der Waals surface area contributed by atoms with Crippen molar-refractivity contribution < 1.29 is 4.52 Å². The third-order valence-corrected chi connectivity index (χ3v) is 4.70. The van der Waals surface area contributed by atoms with E-state index < -0.39 is 0 Å². The summed E-state index contributed by atoms with van der Waals surface area (Å²) < 4.78 is 5.40. The predicted octanol–water partition coefficient (Wildman–Crippen LogP) is 4.85. The van der Waals surface area contributed by atoms with E-state index in [2.05, 4.69) is 27.4 Å². The molecule has 1 saturated carbocycles. The molecule has 1 aromatic carbocycles. The van der Waals surface area contributed by atoms with Gasteiger partial charge in [0, 0.05) is 17.8 Å². The number of nitrogens with one attached hydrogen (secondary N) is 1. The summed E-state index contributed by atoms with van der Waals surface area (Å²) in [4.78, 5) is 8.99. The van der Waals surface area contributed by atoms with Crippen LogP contribution in [0.5, 0.6) is 0 Å². The summed E-state index contributed by atoms with van der Waals surface area (Å²) >= 11 is 0. The zero-order valence-corrected chi connectivity index (χ0v) is 14.4. The lowest BCUT2D eigenvalue weighted by Gasteiger charge is -2.23. The molecule has 2 heterocycles. The molecule has 0 unspecified atom stereocenters. The van der Waals surface area contributed by atoms with Gasteiger partial charge in [-0.15, -0.1) is 0 Å². The van der Waals surface area contributed by atoms with Crippen molar-refractivity contribution in [2.45, 2.75) is 45.1 Å². The van der Waals surface area contributed by atoms with Crippen molar-refractivity contribution in [3.8, 4) is 22.8 Å². The van der Waals surface area contributed by atoms with E-state index in [1.54, 1.807) is 6.20 Å². The summed E-state index contributed by atoms with van der Waals surface area (Å²) in [6.45, 7) is 2.06. The van der Waals surface area contributed by atoms with Crippen LogP contribution in [0.1, 0.15) is 37.7 Å². The van der Waals surface area contributed by atoms with Crippen molar-refractivity contribution in [3.63, 3.8) is 0 Å². The maximum absolute atomic E-state index is 5.40. The van der Waals surface area contributed by atoms with E-state index in [0.717, 1.165) is 16.9 Å². The minimum absolute atomic E-state index is 0.493. The number of nitrogens with zero attached hydrogens (tertiary/aromatic N) is 3. The predicted molar refractivity (Wildman–Crippen MR) is 98.2 cm³/mol. The van der Waals surface area contributed by atoms with Crippen LogP contribution in [0.15, 0.2) is 47.1 Å². The van der Waals surface area contributed by atoms with Crippen LogP contribution in [0.2, 0.25) is 0 Å². The molecule has 3 aromatic rings. The van der Waals surface area contributed by atoms with Crippen LogP contribution in [0.4, 0.5) is 5.82 Å². The van der Waals surface area contributed by atoms with Gasteiger partial charge in [0.1, 0.15) is 5.82 Å². The minimum atomic E-state index is 0.493. The van der Waals surface area contributed by atoms with Crippen LogP contribution in [-0.2, 0) is 0 Å². The molecule has 0 aliphatic heterocycles. The quantitative estimate of drug-likeness (QED) is 0.739. The molecule has 4 rings (SSSR count). The summed E-state index contributed by atoms with van der Waals surface area (Å²) in [7, 11) is 0. The Bertz CT molecular complexity index is 818. The van der Waals surface area contributed by atoms with Gasteiger partial charge in [-0.3, -0.25) is 0 Å². The maximum Gasteiger partial charge on any atom is 0.259 e. The largest absolute Gasteiger partial charge is 0.367 e. The third-order valence-electron chi connectivity index (χ3n) is 4.70. The second-order valence-corrected chi connectivity index (χ2v) is 6.70. The minimum Gasteiger partial charge on any atom is -0.367 e. The Morgan fingerprint density at radius 3 is 2.44 bits per heavy atom. The van der Waals surface area contributed by atoms with Crippen molar-refractivity contribution in [2.24, 2.45) is 0 Å². The van der Waals surface area contributed by atoms with E-state index in [4.69, 9.17) is 4.52 Å². The molecule has 1 aliphatic rings. The van der Waals surface area contributed by atoms with Gasteiger partial charge < -0.3 is 9.84 Å². The van der Waals surface area contributed by atoms with Crippen LogP contribution in [0, 0.1) is 6.92 Å². The zero-order chi connectivity index (χ0) is 17.1. The second-order valence-electron chi connectivity index (χ2n) is 6.70. The standard InChI is InChI=1S/C20H22N4O/c1-14-7-9-15(10-8-14)19-23-20(25-24-19)16-11-12-18(21-13-16)22-17-5-3-2-4-6-17/h7-13,17H,2-6H2,1H3,(H,21,22). The van der Waals surface area contributed by atoms with Gasteiger partial charge in [-0.1, -0.05) is 54.2 Å². The number of pyridine rings is 1. The van der Waals surface area contributed by atoms with Gasteiger partial charge in [0.25, 0.3) is 5.89 Å².